The second-order valence-corrected chi connectivity index (χ2v) is 10.1. The van der Waals surface area contributed by atoms with Gasteiger partial charge in [-0.2, -0.15) is 0 Å². The Hall–Kier alpha value is -2.73. The third-order valence-electron chi connectivity index (χ3n) is 7.17. The summed E-state index contributed by atoms with van der Waals surface area (Å²) in [7, 11) is 0. The molecule has 0 unspecified atom stereocenters. The van der Waals surface area contributed by atoms with Gasteiger partial charge in [-0.15, -0.1) is 0 Å². The van der Waals surface area contributed by atoms with E-state index < -0.39 is 5.54 Å². The Labute approximate surface area is 198 Å². The van der Waals surface area contributed by atoms with Crippen molar-refractivity contribution in [2.45, 2.75) is 77.0 Å². The van der Waals surface area contributed by atoms with Gasteiger partial charge < -0.3 is 19.2 Å². The Kier molecular flexibility index (Phi) is 5.73. The molecule has 0 radical (unpaired) electrons. The molecule has 2 amide bonds. The average Bonchev–Trinajstić information content (AvgIpc) is 3.18. The van der Waals surface area contributed by atoms with Crippen molar-refractivity contribution in [3.05, 3.63) is 58.4 Å². The summed E-state index contributed by atoms with van der Waals surface area (Å²) in [5, 5.41) is 3.94. The molecule has 1 aromatic carbocycles. The molecule has 7 heteroatoms. The molecule has 174 valence electrons. The molecule has 1 aliphatic heterocycles. The Morgan fingerprint density at radius 3 is 2.55 bits per heavy atom. The van der Waals surface area contributed by atoms with Gasteiger partial charge in [0.15, 0.2) is 5.58 Å². The Morgan fingerprint density at radius 2 is 1.85 bits per heavy atom. The van der Waals surface area contributed by atoms with Crippen LogP contribution < -0.4 is 5.32 Å². The maximum atomic E-state index is 13.8. The fraction of sp³-hybridized carbons (Fsp3) is 0.462. The van der Waals surface area contributed by atoms with Gasteiger partial charge in [-0.05, 0) is 44.4 Å². The molecule has 1 fully saturated rings. The molecule has 3 heterocycles. The van der Waals surface area contributed by atoms with Crippen molar-refractivity contribution in [3.8, 4) is 0 Å². The standard InChI is InChI=1S/C26H30ClN3O3/c1-17-13-21-23(33-17)14-22-24(31)30(15-18-9-11-19(27)12-10-18)26(2,16-29(21)22)25(32)28-20-7-5-3-4-6-8-20/h9-14,20H,3-8,15-16H2,1-2H3,(H,28,32)/t26-/m1/s1. The Bertz CT molecular complexity index is 1190. The van der Waals surface area contributed by atoms with Crippen LogP contribution in [0.25, 0.3) is 11.1 Å². The van der Waals surface area contributed by atoms with Crippen molar-refractivity contribution in [3.63, 3.8) is 0 Å². The van der Waals surface area contributed by atoms with Crippen molar-refractivity contribution < 1.29 is 14.0 Å². The van der Waals surface area contributed by atoms with Crippen LogP contribution in [-0.4, -0.2) is 32.9 Å². The highest BCUT2D eigenvalue weighted by atomic mass is 35.5. The van der Waals surface area contributed by atoms with Crippen LogP contribution in [0, 0.1) is 6.92 Å². The first-order chi connectivity index (χ1) is 15.8. The summed E-state index contributed by atoms with van der Waals surface area (Å²) in [6.07, 6.45) is 6.68. The number of amides is 2. The van der Waals surface area contributed by atoms with E-state index in [4.69, 9.17) is 16.0 Å². The molecule has 1 aliphatic carbocycles. The molecule has 2 aromatic heterocycles. The third kappa shape index (κ3) is 4.05. The van der Waals surface area contributed by atoms with Crippen LogP contribution in [0.3, 0.4) is 0 Å². The van der Waals surface area contributed by atoms with Crippen LogP contribution in [-0.2, 0) is 17.9 Å². The Morgan fingerprint density at radius 1 is 1.15 bits per heavy atom. The normalized spacial score (nSPS) is 21.8. The number of hydrogen-bond acceptors (Lipinski definition) is 3. The quantitative estimate of drug-likeness (QED) is 0.519. The number of aromatic nitrogens is 1. The van der Waals surface area contributed by atoms with Crippen molar-refractivity contribution in [1.82, 2.24) is 14.8 Å². The van der Waals surface area contributed by atoms with Gasteiger partial charge in [-0.25, -0.2) is 0 Å². The zero-order valence-corrected chi connectivity index (χ0v) is 20.0. The van der Waals surface area contributed by atoms with Gasteiger partial charge in [0.1, 0.15) is 17.0 Å². The van der Waals surface area contributed by atoms with Crippen LogP contribution in [0.2, 0.25) is 5.02 Å². The summed E-state index contributed by atoms with van der Waals surface area (Å²) < 4.78 is 7.74. The zero-order valence-electron chi connectivity index (χ0n) is 19.2. The number of nitrogens with one attached hydrogen (secondary N) is 1. The van der Waals surface area contributed by atoms with E-state index in [9.17, 15) is 9.59 Å². The fourth-order valence-electron chi connectivity index (χ4n) is 5.25. The van der Waals surface area contributed by atoms with E-state index in [0.717, 1.165) is 42.5 Å². The number of carbonyl (C=O) groups is 2. The molecule has 2 aliphatic rings. The lowest BCUT2D eigenvalue weighted by molar-refractivity contribution is -0.134. The SMILES string of the molecule is Cc1cc2c(cc3n2C[C@](C)(C(=O)NC2CCCCCC2)N(Cc2ccc(Cl)cc2)C3=O)o1. The number of furan rings is 1. The molecule has 33 heavy (non-hydrogen) atoms. The van der Waals surface area contributed by atoms with Crippen molar-refractivity contribution in [1.29, 1.82) is 0 Å². The molecule has 5 rings (SSSR count). The van der Waals surface area contributed by atoms with Crippen LogP contribution in [0.1, 0.15) is 67.3 Å². The Balaban J connectivity index is 1.52. The third-order valence-corrected chi connectivity index (χ3v) is 7.42. The topological polar surface area (TPSA) is 67.5 Å². The number of hydrogen-bond donors (Lipinski definition) is 1. The number of fused-ring (bicyclic) bond motifs is 3. The minimum absolute atomic E-state index is 0.0931. The van der Waals surface area contributed by atoms with Gasteiger partial charge in [0.25, 0.3) is 5.91 Å². The summed E-state index contributed by atoms with van der Waals surface area (Å²) in [6.45, 7) is 4.48. The van der Waals surface area contributed by atoms with Gasteiger partial charge in [-0.3, -0.25) is 9.59 Å². The van der Waals surface area contributed by atoms with Crippen LogP contribution >= 0.6 is 11.6 Å². The second-order valence-electron chi connectivity index (χ2n) is 9.68. The summed E-state index contributed by atoms with van der Waals surface area (Å²) in [6, 6.07) is 11.3. The molecule has 3 aromatic rings. The number of nitrogens with zero attached hydrogens (tertiary/aromatic N) is 2. The molecule has 0 saturated heterocycles. The van der Waals surface area contributed by atoms with E-state index in [2.05, 4.69) is 5.32 Å². The van der Waals surface area contributed by atoms with E-state index in [1.807, 2.05) is 48.7 Å². The summed E-state index contributed by atoms with van der Waals surface area (Å²) in [5.41, 5.74) is 1.98. The number of carbonyl (C=O) groups excluding carboxylic acids is 2. The molecular weight excluding hydrogens is 438 g/mol. The maximum Gasteiger partial charge on any atom is 0.271 e. The molecule has 1 saturated carbocycles. The van der Waals surface area contributed by atoms with E-state index >= 15 is 0 Å². The van der Waals surface area contributed by atoms with E-state index in [1.165, 1.54) is 12.8 Å². The van der Waals surface area contributed by atoms with Gasteiger partial charge >= 0.3 is 0 Å². The number of aryl methyl sites for hydroxylation is 1. The lowest BCUT2D eigenvalue weighted by atomic mass is 9.93. The first-order valence-corrected chi connectivity index (χ1v) is 12.2. The van der Waals surface area contributed by atoms with Crippen LogP contribution in [0.4, 0.5) is 0 Å². The van der Waals surface area contributed by atoms with Gasteiger partial charge in [0.05, 0.1) is 12.1 Å². The van der Waals surface area contributed by atoms with Crippen LogP contribution in [0.15, 0.2) is 40.8 Å². The first-order valence-electron chi connectivity index (χ1n) is 11.8. The first kappa shape index (κ1) is 22.1. The molecule has 6 nitrogen and oxygen atoms in total. The fourth-order valence-corrected chi connectivity index (χ4v) is 5.37. The summed E-state index contributed by atoms with van der Waals surface area (Å²) in [5.74, 6) is 0.527. The number of halogens is 1. The van der Waals surface area contributed by atoms with Gasteiger partial charge in [0.2, 0.25) is 5.91 Å². The van der Waals surface area contributed by atoms with E-state index in [1.54, 1.807) is 11.0 Å². The second kappa shape index (κ2) is 8.56. The minimum Gasteiger partial charge on any atom is -0.460 e. The maximum absolute atomic E-state index is 13.8. The monoisotopic (exact) mass is 467 g/mol. The summed E-state index contributed by atoms with van der Waals surface area (Å²) >= 11 is 6.07. The van der Waals surface area contributed by atoms with Crippen molar-refractivity contribution in [2.24, 2.45) is 0 Å². The largest absolute Gasteiger partial charge is 0.460 e. The zero-order chi connectivity index (χ0) is 23.2. The number of benzene rings is 1. The lowest BCUT2D eigenvalue weighted by Gasteiger charge is -2.44. The van der Waals surface area contributed by atoms with Gasteiger partial charge in [-0.1, -0.05) is 49.4 Å². The smallest absolute Gasteiger partial charge is 0.271 e. The molecule has 1 N–H and O–H groups in total. The highest BCUT2D eigenvalue weighted by Crippen LogP contribution is 2.35. The molecular formula is C26H30ClN3O3. The minimum atomic E-state index is -1.03. The highest BCUT2D eigenvalue weighted by Gasteiger charge is 2.48. The predicted octanol–water partition coefficient (Wildman–Crippen LogP) is 5.45. The van der Waals surface area contributed by atoms with E-state index in [-0.39, 0.29) is 17.9 Å². The number of rotatable bonds is 4. The van der Waals surface area contributed by atoms with Crippen molar-refractivity contribution in [2.75, 3.05) is 0 Å². The van der Waals surface area contributed by atoms with Gasteiger partial charge in [0, 0.05) is 29.7 Å². The average molecular weight is 468 g/mol. The van der Waals surface area contributed by atoms with Crippen molar-refractivity contribution >= 4 is 34.5 Å². The highest BCUT2D eigenvalue weighted by molar-refractivity contribution is 6.30. The summed E-state index contributed by atoms with van der Waals surface area (Å²) in [4.78, 5) is 29.3. The lowest BCUT2D eigenvalue weighted by Crippen LogP contribution is -2.64. The molecule has 0 bridgehead atoms. The van der Waals surface area contributed by atoms with Crippen LogP contribution in [0.5, 0.6) is 0 Å². The predicted molar refractivity (Wildman–Crippen MR) is 128 cm³/mol. The molecule has 0 spiro atoms. The van der Waals surface area contributed by atoms with E-state index in [0.29, 0.717) is 29.4 Å². The molecule has 1 atom stereocenters.